The first-order chi connectivity index (χ1) is 47.6. The smallest absolute Gasteiger partial charge is 0.397 e. The predicted octanol–water partition coefficient (Wildman–Crippen LogP) is -6.06. The maximum Gasteiger partial charge on any atom is 0.397 e. The number of rotatable bonds is 45. The Balaban J connectivity index is 1.54. The lowest BCUT2D eigenvalue weighted by molar-refractivity contribution is -0.389. The van der Waals surface area contributed by atoms with Crippen LogP contribution in [0.4, 0.5) is 0 Å². The summed E-state index contributed by atoms with van der Waals surface area (Å²) in [6, 6.07) is 0. The van der Waals surface area contributed by atoms with E-state index in [2.05, 4.69) is 12.5 Å². The molecule has 8 N–H and O–H groups in total. The van der Waals surface area contributed by atoms with Gasteiger partial charge < -0.3 is 110 Å². The van der Waals surface area contributed by atoms with Crippen molar-refractivity contribution in [2.75, 3.05) is 123 Å². The van der Waals surface area contributed by atoms with E-state index in [1.807, 2.05) is 6.92 Å². The Morgan fingerprint density at radius 1 is 0.304 bits per heavy atom. The van der Waals surface area contributed by atoms with E-state index < -0.39 is 248 Å². The molecule has 0 aliphatic carbocycles. The minimum atomic E-state index is -6.16. The highest BCUT2D eigenvalue weighted by Crippen LogP contribution is 2.41. The van der Waals surface area contributed by atoms with Gasteiger partial charge >= 0.3 is 74.3 Å². The van der Waals surface area contributed by atoms with Crippen LogP contribution >= 0.6 is 0 Å². The van der Waals surface area contributed by atoms with Gasteiger partial charge in [-0.15, -0.1) is 0 Å². The number of hydrogen-bond acceptors (Lipinski definition) is 41. The molecule has 0 aromatic rings. The highest BCUT2D eigenvalue weighted by atomic mass is 32.3. The van der Waals surface area contributed by atoms with Gasteiger partial charge in [-0.3, -0.25) is 27.3 Å². The molecule has 0 aromatic heterocycles. The third kappa shape index (κ3) is 26.9. The van der Waals surface area contributed by atoms with Crippen LogP contribution in [0, 0.1) is 0 Å². The highest BCUT2D eigenvalue weighted by molar-refractivity contribution is 7.82. The summed E-state index contributed by atoms with van der Waals surface area (Å²) in [4.78, 5) is 26.8. The first kappa shape index (κ1) is 89.9. The number of carboxylic acid groups (broad SMARTS) is 2. The molecule has 5 rings (SSSR count). The van der Waals surface area contributed by atoms with Gasteiger partial charge in [0.1, 0.15) is 97.7 Å². The quantitative estimate of drug-likeness (QED) is 0.0208. The average Bonchev–Trinajstić information content (AvgIpc) is 0.761. The van der Waals surface area contributed by atoms with Crippen molar-refractivity contribution in [3.8, 4) is 0 Å². The van der Waals surface area contributed by atoms with Crippen molar-refractivity contribution in [2.24, 2.45) is 0 Å². The second kappa shape index (κ2) is 40.1. The zero-order valence-corrected chi connectivity index (χ0v) is 59.9. The molecule has 5 fully saturated rings. The van der Waals surface area contributed by atoms with Crippen LogP contribution in [0.2, 0.25) is 0 Å². The van der Waals surface area contributed by atoms with Crippen LogP contribution in [-0.2, 0) is 197 Å². The topological polar surface area (TPSA) is 650 Å². The lowest BCUT2D eigenvalue weighted by Crippen LogP contribution is -2.70. The molecule has 5 aliphatic rings. The number of carbonyl (C=O) groups is 2. The Morgan fingerprint density at radius 2 is 0.578 bits per heavy atom. The summed E-state index contributed by atoms with van der Waals surface area (Å²) >= 11 is 0. The Kier molecular flexibility index (Phi) is 35.4. The van der Waals surface area contributed by atoms with Gasteiger partial charge in [-0.2, -0.15) is 50.5 Å². The van der Waals surface area contributed by atoms with E-state index in [4.69, 9.17) is 112 Å². The molecule has 0 spiro atoms. The molecule has 49 nitrogen and oxygen atoms in total. The van der Waals surface area contributed by atoms with Crippen molar-refractivity contribution >= 4 is 74.3 Å². The van der Waals surface area contributed by atoms with Crippen LogP contribution in [0.1, 0.15) is 13.3 Å². The molecule has 5 aliphatic heterocycles. The normalized spacial score (nSPS) is 35.5. The van der Waals surface area contributed by atoms with Crippen molar-refractivity contribution in [1.29, 1.82) is 0 Å². The molecule has 0 saturated carbocycles. The summed E-state index contributed by atoms with van der Waals surface area (Å²) in [5.74, 6) is -4.13. The molecule has 600 valence electrons. The van der Waals surface area contributed by atoms with E-state index in [-0.39, 0.29) is 33.0 Å². The zero-order chi connectivity index (χ0) is 76.5. The van der Waals surface area contributed by atoms with Crippen LogP contribution < -0.4 is 0 Å². The zero-order valence-electron chi connectivity index (χ0n) is 55.0. The number of aliphatic carboxylic acids is 2. The number of carboxylic acids is 2. The Labute approximate surface area is 584 Å². The molecule has 25 atom stereocenters. The third-order valence-corrected chi connectivity index (χ3v) is 17.7. The molecule has 5 saturated heterocycles. The van der Waals surface area contributed by atoms with Gasteiger partial charge in [0.2, 0.25) is 0 Å². The minimum Gasteiger partial charge on any atom is -0.479 e. The second-order valence-corrected chi connectivity index (χ2v) is 27.9. The van der Waals surface area contributed by atoms with Gasteiger partial charge in [0.25, 0.3) is 0 Å². The molecule has 102 heavy (non-hydrogen) atoms. The number of ether oxygens (including phenoxy) is 21. The molecular weight excluding hydrogens is 1540 g/mol. The van der Waals surface area contributed by atoms with Crippen LogP contribution in [0.5, 0.6) is 0 Å². The van der Waals surface area contributed by atoms with Gasteiger partial charge in [0, 0.05) is 63.5 Å². The van der Waals surface area contributed by atoms with Crippen molar-refractivity contribution in [3.63, 3.8) is 0 Å². The van der Waals surface area contributed by atoms with E-state index in [9.17, 15) is 97.6 Å². The molecule has 0 amide bonds. The van der Waals surface area contributed by atoms with Gasteiger partial charge in [0.15, 0.2) is 55.9 Å². The lowest BCUT2D eigenvalue weighted by atomic mass is 9.94. The third-order valence-electron chi connectivity index (χ3n) is 15.0. The SMILES string of the molecule is CCCOCCOCCOCCO[C@H]1[C@H](OC)[C@@H](OC)[C@@H](O[C@H]2[C@H](OC)[C@@H](OC)[C@H](O[C@H]3[C@H](OS(=O)(=O)O)[C@@H](OS(=O)(=O)O)[C@@H](O[C@H]4[C@H](OC)[C@@H](OC)[C@H](O[C@H]5[C@H](OC)[C@@H](OS(=O)(=O)O)[C@@H](OC)O[C@@H]5COS(=O)(=O)O)O[C@H]4C(=O)O)O[C@@H]3COS(=O)(=O)O)O[C@@H]2C(=O)O)O[C@@H]1COS(=O)(=O)O. The van der Waals surface area contributed by atoms with E-state index >= 15 is 0 Å². The Hall–Kier alpha value is -2.68. The maximum atomic E-state index is 13.4. The minimum absolute atomic E-state index is 0.0877. The summed E-state index contributed by atoms with van der Waals surface area (Å²) in [6.07, 6.45) is -54.2. The molecule has 0 unspecified atom stereocenters. The Morgan fingerprint density at radius 3 is 0.912 bits per heavy atom. The Bertz CT molecular complexity index is 3300. The fraction of sp³-hybridized carbons (Fsp3) is 0.957. The standard InChI is InChI=1S/C47H82O49S6/c1-10-11-78-12-13-79-14-15-80-16-17-81-24-21(18-82-97(52,53)54)86-44(36(74-6)27(24)70-2)90-31-29(72-4)38(76-8)46(93-34(31)41(48)49)89-26-23(20-84-99(58,59)60)87-47(40(96-102(67,68)69)33(26)94-100(61,62)63)91-32-30(73-5)37(75-7)45(92-35(32)42(50)51)88-25-22(19-83-98(55,56)57)85-43(77-9)39(28(25)71-3)95-101(64,65)66/h21-40,43-47H,10-20H2,1-9H3,(H,48,49)(H,50,51)(H,52,53,54)(H,55,56,57)(H,58,59,60)(H,61,62,63)(H,64,65,66)(H,67,68,69)/t21-,22-,23-,24-,25-,26-,27+,28+,29+,30+,31+,32+,33+,34+,35-,36-,37-,38-,39-,40-,43+,44-,45-,46-,47-/m1/s1. The van der Waals surface area contributed by atoms with Crippen molar-refractivity contribution in [1.82, 2.24) is 0 Å². The van der Waals surface area contributed by atoms with Crippen molar-refractivity contribution in [3.05, 3.63) is 0 Å². The fourth-order valence-electron chi connectivity index (χ4n) is 11.1. The lowest BCUT2D eigenvalue weighted by Gasteiger charge is -2.51. The molecule has 0 bridgehead atoms. The maximum absolute atomic E-state index is 13.4. The summed E-state index contributed by atoms with van der Waals surface area (Å²) in [7, 11) is -26.6. The highest BCUT2D eigenvalue weighted by Gasteiger charge is 2.62. The first-order valence-corrected chi connectivity index (χ1v) is 37.5. The largest absolute Gasteiger partial charge is 0.479 e. The summed E-state index contributed by atoms with van der Waals surface area (Å²) in [5.41, 5.74) is 0. The van der Waals surface area contributed by atoms with Crippen LogP contribution in [0.3, 0.4) is 0 Å². The monoisotopic (exact) mass is 1620 g/mol. The van der Waals surface area contributed by atoms with Crippen LogP contribution in [-0.4, -0.2) is 376 Å². The molecule has 0 aromatic carbocycles. The first-order valence-electron chi connectivity index (χ1n) is 29.4. The number of methoxy groups -OCH3 is 8. The molecule has 55 heteroatoms. The summed E-state index contributed by atoms with van der Waals surface area (Å²) in [5, 5.41) is 21.6. The van der Waals surface area contributed by atoms with E-state index in [0.717, 1.165) is 63.3 Å². The summed E-state index contributed by atoms with van der Waals surface area (Å²) < 4.78 is 355. The number of hydrogen-bond donors (Lipinski definition) is 8. The second-order valence-electron chi connectivity index (χ2n) is 21.5. The van der Waals surface area contributed by atoms with E-state index in [1.54, 1.807) is 0 Å². The average molecular weight is 1620 g/mol. The van der Waals surface area contributed by atoms with Gasteiger partial charge in [-0.05, 0) is 6.42 Å². The van der Waals surface area contributed by atoms with Crippen molar-refractivity contribution < 1.29 is 222 Å². The van der Waals surface area contributed by atoms with E-state index in [0.29, 0.717) is 13.2 Å². The molecular formula is C47H82O49S6. The van der Waals surface area contributed by atoms with Gasteiger partial charge in [-0.25, -0.2) is 34.7 Å². The molecule has 5 heterocycles. The summed E-state index contributed by atoms with van der Waals surface area (Å²) in [6.45, 7) is -1.02. The van der Waals surface area contributed by atoms with Crippen LogP contribution in [0.25, 0.3) is 0 Å². The van der Waals surface area contributed by atoms with Gasteiger partial charge in [0.05, 0.1) is 59.5 Å². The van der Waals surface area contributed by atoms with Crippen LogP contribution in [0.15, 0.2) is 0 Å². The van der Waals surface area contributed by atoms with Gasteiger partial charge in [-0.1, -0.05) is 6.92 Å². The molecule has 0 radical (unpaired) electrons. The predicted molar refractivity (Wildman–Crippen MR) is 315 cm³/mol. The van der Waals surface area contributed by atoms with Crippen molar-refractivity contribution in [2.45, 2.75) is 167 Å². The fourth-order valence-corrected chi connectivity index (χ4v) is 13.5. The van der Waals surface area contributed by atoms with E-state index in [1.165, 1.54) is 0 Å².